The van der Waals surface area contributed by atoms with Crippen molar-refractivity contribution >= 4 is 33.2 Å². The molecule has 0 aromatic heterocycles. The summed E-state index contributed by atoms with van der Waals surface area (Å²) in [5.74, 6) is -0.126. The molecule has 2 N–H and O–H groups in total. The molecule has 8 heteroatoms. The molecule has 2 aromatic carbocycles. The van der Waals surface area contributed by atoms with Crippen LogP contribution in [0.25, 0.3) is 0 Å². The number of anilines is 2. The fourth-order valence-electron chi connectivity index (χ4n) is 2.67. The molecule has 1 fully saturated rings. The Morgan fingerprint density at radius 2 is 1.73 bits per heavy atom. The molecule has 2 aromatic rings. The Bertz CT molecular complexity index is 922. The average molecular weight is 373 g/mol. The van der Waals surface area contributed by atoms with E-state index in [1.165, 1.54) is 31.2 Å². The van der Waals surface area contributed by atoms with Gasteiger partial charge in [0.15, 0.2) is 5.78 Å². The van der Waals surface area contributed by atoms with Crippen LogP contribution in [0.15, 0.2) is 53.4 Å². The summed E-state index contributed by atoms with van der Waals surface area (Å²) in [5, 5.41) is 2.77. The Kier molecular flexibility index (Phi) is 4.94. The number of sulfonamides is 1. The highest BCUT2D eigenvalue weighted by Crippen LogP contribution is 2.22. The predicted octanol–water partition coefficient (Wildman–Crippen LogP) is 2.61. The number of nitrogens with one attached hydrogen (secondary N) is 2. The summed E-state index contributed by atoms with van der Waals surface area (Å²) in [6.45, 7) is 2.71. The highest BCUT2D eigenvalue weighted by Gasteiger charge is 2.19. The van der Waals surface area contributed by atoms with Crippen molar-refractivity contribution in [1.29, 1.82) is 0 Å². The summed E-state index contributed by atoms with van der Waals surface area (Å²) in [6.07, 6.45) is 0.858. The van der Waals surface area contributed by atoms with Gasteiger partial charge in [0.05, 0.1) is 4.90 Å². The van der Waals surface area contributed by atoms with E-state index in [2.05, 4.69) is 10.0 Å². The Balaban J connectivity index is 1.75. The Hall–Kier alpha value is -2.87. The lowest BCUT2D eigenvalue weighted by molar-refractivity contribution is 0.101. The molecular formula is C18H19N3O4S. The zero-order valence-corrected chi connectivity index (χ0v) is 15.0. The molecule has 3 rings (SSSR count). The van der Waals surface area contributed by atoms with Gasteiger partial charge in [-0.25, -0.2) is 13.2 Å². The van der Waals surface area contributed by atoms with Crippen LogP contribution in [0.4, 0.5) is 16.2 Å². The molecule has 0 spiro atoms. The second-order valence-corrected chi connectivity index (χ2v) is 7.65. The first-order valence-electron chi connectivity index (χ1n) is 8.16. The number of hydrogen-bond donors (Lipinski definition) is 2. The van der Waals surface area contributed by atoms with Gasteiger partial charge in [-0.2, -0.15) is 0 Å². The van der Waals surface area contributed by atoms with Crippen molar-refractivity contribution in [2.24, 2.45) is 0 Å². The number of nitrogens with zero attached hydrogens (tertiary/aromatic N) is 1. The summed E-state index contributed by atoms with van der Waals surface area (Å²) >= 11 is 0. The Morgan fingerprint density at radius 1 is 1.08 bits per heavy atom. The Morgan fingerprint density at radius 3 is 2.31 bits per heavy atom. The molecular weight excluding hydrogens is 354 g/mol. The molecule has 0 unspecified atom stereocenters. The number of hydrogen-bond acceptors (Lipinski definition) is 4. The maximum Gasteiger partial charge on any atom is 0.321 e. The Labute approximate surface area is 152 Å². The second-order valence-electron chi connectivity index (χ2n) is 5.97. The van der Waals surface area contributed by atoms with E-state index in [9.17, 15) is 18.0 Å². The molecule has 26 heavy (non-hydrogen) atoms. The van der Waals surface area contributed by atoms with E-state index in [4.69, 9.17) is 0 Å². The number of amides is 2. The van der Waals surface area contributed by atoms with E-state index in [1.807, 2.05) is 0 Å². The van der Waals surface area contributed by atoms with Crippen molar-refractivity contribution < 1.29 is 18.0 Å². The zero-order chi connectivity index (χ0) is 18.7. The lowest BCUT2D eigenvalue weighted by Crippen LogP contribution is -2.46. The van der Waals surface area contributed by atoms with Crippen molar-refractivity contribution in [3.05, 3.63) is 54.1 Å². The number of urea groups is 1. The summed E-state index contributed by atoms with van der Waals surface area (Å²) in [7, 11) is -3.76. The minimum Gasteiger partial charge on any atom is -0.338 e. The van der Waals surface area contributed by atoms with Crippen LogP contribution in [0, 0.1) is 0 Å². The largest absolute Gasteiger partial charge is 0.338 e. The number of Topliss-reactive ketones (excluding diaryl/α,β-unsaturated/α-hetero) is 1. The highest BCUT2D eigenvalue weighted by atomic mass is 32.2. The van der Waals surface area contributed by atoms with Crippen LogP contribution >= 0.6 is 0 Å². The molecule has 0 aliphatic carbocycles. The fourth-order valence-corrected chi connectivity index (χ4v) is 3.73. The van der Waals surface area contributed by atoms with E-state index >= 15 is 0 Å². The van der Waals surface area contributed by atoms with Crippen LogP contribution in [0.1, 0.15) is 23.7 Å². The zero-order valence-electron chi connectivity index (χ0n) is 14.2. The van der Waals surface area contributed by atoms with Crippen LogP contribution < -0.4 is 14.9 Å². The number of carbonyl (C=O) groups excluding carboxylic acids is 2. The molecule has 0 saturated carbocycles. The van der Waals surface area contributed by atoms with E-state index in [0.717, 1.165) is 6.42 Å². The molecule has 1 aliphatic rings. The van der Waals surface area contributed by atoms with Gasteiger partial charge in [-0.1, -0.05) is 12.1 Å². The van der Waals surface area contributed by atoms with Gasteiger partial charge in [0.25, 0.3) is 10.0 Å². The van der Waals surface area contributed by atoms with Crippen molar-refractivity contribution in [2.45, 2.75) is 18.2 Å². The summed E-state index contributed by atoms with van der Waals surface area (Å²) in [6, 6.07) is 12.2. The molecule has 2 amide bonds. The van der Waals surface area contributed by atoms with Gasteiger partial charge in [-0.15, -0.1) is 0 Å². The minimum absolute atomic E-state index is 0.0713. The molecule has 1 saturated heterocycles. The van der Waals surface area contributed by atoms with Gasteiger partial charge < -0.3 is 5.32 Å². The van der Waals surface area contributed by atoms with Gasteiger partial charge in [0.1, 0.15) is 0 Å². The van der Waals surface area contributed by atoms with Gasteiger partial charge in [0, 0.05) is 30.0 Å². The molecule has 0 atom stereocenters. The second kappa shape index (κ2) is 7.17. The molecule has 0 radical (unpaired) electrons. The van der Waals surface area contributed by atoms with Crippen LogP contribution in [0.5, 0.6) is 0 Å². The van der Waals surface area contributed by atoms with Crippen molar-refractivity contribution in [2.75, 3.05) is 22.7 Å². The standard InChI is InChI=1S/C18H19N3O4S/c1-13(22)14-3-9-17(10-4-14)26(24,25)20-15-5-7-16(8-6-15)21-12-2-11-19-18(21)23/h3-10,20H,2,11-12H2,1H3,(H,19,23). The number of rotatable bonds is 5. The van der Waals surface area contributed by atoms with E-state index in [-0.39, 0.29) is 16.7 Å². The number of benzene rings is 2. The first-order chi connectivity index (χ1) is 12.4. The maximum absolute atomic E-state index is 12.5. The van der Waals surface area contributed by atoms with Gasteiger partial charge in [0.2, 0.25) is 0 Å². The first kappa shape index (κ1) is 17.9. The summed E-state index contributed by atoms with van der Waals surface area (Å²) < 4.78 is 27.4. The van der Waals surface area contributed by atoms with Crippen molar-refractivity contribution in [3.63, 3.8) is 0 Å². The molecule has 7 nitrogen and oxygen atoms in total. The van der Waals surface area contributed by atoms with Gasteiger partial charge in [-0.3, -0.25) is 14.4 Å². The highest BCUT2D eigenvalue weighted by molar-refractivity contribution is 7.92. The van der Waals surface area contributed by atoms with Crippen LogP contribution in [0.3, 0.4) is 0 Å². The van der Waals surface area contributed by atoms with E-state index in [1.54, 1.807) is 29.2 Å². The number of ketones is 1. The summed E-state index contributed by atoms with van der Waals surface area (Å²) in [4.78, 5) is 24.8. The SMILES string of the molecule is CC(=O)c1ccc(S(=O)(=O)Nc2ccc(N3CCCNC3=O)cc2)cc1. The third kappa shape index (κ3) is 3.85. The number of carbonyl (C=O) groups is 2. The molecule has 0 bridgehead atoms. The van der Waals surface area contributed by atoms with Gasteiger partial charge in [-0.05, 0) is 49.7 Å². The molecule has 1 aliphatic heterocycles. The lowest BCUT2D eigenvalue weighted by Gasteiger charge is -2.27. The predicted molar refractivity (Wildman–Crippen MR) is 99.1 cm³/mol. The lowest BCUT2D eigenvalue weighted by atomic mass is 10.2. The van der Waals surface area contributed by atoms with E-state index in [0.29, 0.717) is 30.0 Å². The minimum atomic E-state index is -3.76. The quantitative estimate of drug-likeness (QED) is 0.788. The van der Waals surface area contributed by atoms with Crippen LogP contribution in [-0.4, -0.2) is 33.3 Å². The molecule has 1 heterocycles. The van der Waals surface area contributed by atoms with Crippen molar-refractivity contribution in [1.82, 2.24) is 5.32 Å². The topological polar surface area (TPSA) is 95.6 Å². The van der Waals surface area contributed by atoms with Crippen LogP contribution in [-0.2, 0) is 10.0 Å². The fraction of sp³-hybridized carbons (Fsp3) is 0.222. The summed E-state index contributed by atoms with van der Waals surface area (Å²) in [5.41, 5.74) is 1.55. The third-order valence-electron chi connectivity index (χ3n) is 4.08. The molecule has 136 valence electrons. The maximum atomic E-state index is 12.5. The van der Waals surface area contributed by atoms with E-state index < -0.39 is 10.0 Å². The van der Waals surface area contributed by atoms with Gasteiger partial charge >= 0.3 is 6.03 Å². The monoisotopic (exact) mass is 373 g/mol. The normalized spacial score (nSPS) is 14.7. The smallest absolute Gasteiger partial charge is 0.321 e. The van der Waals surface area contributed by atoms with Crippen molar-refractivity contribution in [3.8, 4) is 0 Å². The average Bonchev–Trinajstić information content (AvgIpc) is 2.63. The third-order valence-corrected chi connectivity index (χ3v) is 5.48. The first-order valence-corrected chi connectivity index (χ1v) is 9.64. The van der Waals surface area contributed by atoms with Crippen LogP contribution in [0.2, 0.25) is 0 Å².